The van der Waals surface area contributed by atoms with E-state index >= 15 is 0 Å². The zero-order chi connectivity index (χ0) is 21.8. The highest BCUT2D eigenvalue weighted by molar-refractivity contribution is 7.92. The lowest BCUT2D eigenvalue weighted by Gasteiger charge is -2.28. The second kappa shape index (κ2) is 8.94. The molecule has 160 valence electrons. The molecule has 1 amide bonds. The lowest BCUT2D eigenvalue weighted by atomic mass is 9.97. The molecule has 0 saturated carbocycles. The van der Waals surface area contributed by atoms with Gasteiger partial charge in [-0.25, -0.2) is 8.42 Å². The molecule has 3 aromatic carbocycles. The molecule has 0 aliphatic carbocycles. The fourth-order valence-corrected chi connectivity index (χ4v) is 5.48. The smallest absolute Gasteiger partial charge is 0.252 e. The van der Waals surface area contributed by atoms with Crippen LogP contribution >= 0.6 is 0 Å². The molecule has 5 nitrogen and oxygen atoms in total. The average molecular weight is 435 g/mol. The third-order valence-corrected chi connectivity index (χ3v) is 7.46. The summed E-state index contributed by atoms with van der Waals surface area (Å²) in [5.74, 6) is -0.0349. The number of hydrogen-bond acceptors (Lipinski definition) is 3. The van der Waals surface area contributed by atoms with Crippen molar-refractivity contribution in [3.63, 3.8) is 0 Å². The zero-order valence-corrected chi connectivity index (χ0v) is 18.3. The van der Waals surface area contributed by atoms with Gasteiger partial charge in [-0.2, -0.15) is 0 Å². The molecule has 6 heteroatoms. The van der Waals surface area contributed by atoms with E-state index in [1.54, 1.807) is 24.3 Å². The highest BCUT2D eigenvalue weighted by Crippen LogP contribution is 2.25. The van der Waals surface area contributed by atoms with Crippen molar-refractivity contribution < 1.29 is 13.2 Å². The standard InChI is InChI=1S/C25H26N2O3S/c1-19-9-11-21(12-10-19)24(20-7-3-2-4-8-20)26-25(28)22-13-15-23(16-14-22)27-17-5-6-18-31(27,29)30/h2-4,7-16,24H,5-6,17-18H2,1H3,(H,26,28). The van der Waals surface area contributed by atoms with Crippen molar-refractivity contribution in [3.8, 4) is 0 Å². The van der Waals surface area contributed by atoms with Gasteiger partial charge in [0.05, 0.1) is 17.5 Å². The number of aryl methyl sites for hydroxylation is 1. The van der Waals surface area contributed by atoms with E-state index in [4.69, 9.17) is 0 Å². The number of carbonyl (C=O) groups excluding carboxylic acids is 1. The molecule has 0 radical (unpaired) electrons. The zero-order valence-electron chi connectivity index (χ0n) is 17.5. The van der Waals surface area contributed by atoms with Crippen molar-refractivity contribution in [1.29, 1.82) is 0 Å². The van der Waals surface area contributed by atoms with E-state index in [0.717, 1.165) is 23.1 Å². The Hall–Kier alpha value is -3.12. The van der Waals surface area contributed by atoms with Crippen LogP contribution in [-0.2, 0) is 10.0 Å². The van der Waals surface area contributed by atoms with Crippen LogP contribution in [-0.4, -0.2) is 26.6 Å². The summed E-state index contributed by atoms with van der Waals surface area (Å²) in [6.45, 7) is 2.52. The molecule has 1 atom stereocenters. The van der Waals surface area contributed by atoms with E-state index in [9.17, 15) is 13.2 Å². The Morgan fingerprint density at radius 1 is 0.871 bits per heavy atom. The number of sulfonamides is 1. The minimum absolute atomic E-state index is 0.171. The number of carbonyl (C=O) groups is 1. The Balaban J connectivity index is 1.57. The largest absolute Gasteiger partial charge is 0.341 e. The summed E-state index contributed by atoms with van der Waals surface area (Å²) in [6, 6.07) is 24.5. The maximum atomic E-state index is 13.0. The molecular weight excluding hydrogens is 408 g/mol. The van der Waals surface area contributed by atoms with Crippen LogP contribution in [0, 0.1) is 6.92 Å². The maximum Gasteiger partial charge on any atom is 0.252 e. The number of hydrogen-bond donors (Lipinski definition) is 1. The minimum Gasteiger partial charge on any atom is -0.341 e. The first-order valence-electron chi connectivity index (χ1n) is 10.5. The van der Waals surface area contributed by atoms with Gasteiger partial charge in [-0.1, -0.05) is 60.2 Å². The van der Waals surface area contributed by atoms with E-state index in [0.29, 0.717) is 24.2 Å². The lowest BCUT2D eigenvalue weighted by Crippen LogP contribution is -2.37. The topological polar surface area (TPSA) is 66.5 Å². The molecule has 4 rings (SSSR count). The summed E-state index contributed by atoms with van der Waals surface area (Å²) in [4.78, 5) is 13.0. The highest BCUT2D eigenvalue weighted by atomic mass is 32.2. The highest BCUT2D eigenvalue weighted by Gasteiger charge is 2.26. The van der Waals surface area contributed by atoms with Crippen molar-refractivity contribution in [3.05, 3.63) is 101 Å². The molecule has 0 aromatic heterocycles. The van der Waals surface area contributed by atoms with Gasteiger partial charge in [0.25, 0.3) is 5.91 Å². The Labute approximate surface area is 183 Å². The molecule has 1 fully saturated rings. The third-order valence-electron chi connectivity index (χ3n) is 5.59. The summed E-state index contributed by atoms with van der Waals surface area (Å²) in [6.07, 6.45) is 1.54. The van der Waals surface area contributed by atoms with Gasteiger partial charge in [-0.15, -0.1) is 0 Å². The number of nitrogens with one attached hydrogen (secondary N) is 1. The molecule has 0 bridgehead atoms. The predicted octanol–water partition coefficient (Wildman–Crippen LogP) is 4.44. The first-order valence-corrected chi connectivity index (χ1v) is 12.1. The van der Waals surface area contributed by atoms with Gasteiger partial charge in [-0.3, -0.25) is 9.10 Å². The molecule has 1 aliphatic rings. The summed E-state index contributed by atoms with van der Waals surface area (Å²) < 4.78 is 26.1. The average Bonchev–Trinajstić information content (AvgIpc) is 2.78. The quantitative estimate of drug-likeness (QED) is 0.645. The van der Waals surface area contributed by atoms with Crippen LogP contribution in [0.5, 0.6) is 0 Å². The maximum absolute atomic E-state index is 13.0. The Morgan fingerprint density at radius 3 is 2.16 bits per heavy atom. The van der Waals surface area contributed by atoms with Crippen molar-refractivity contribution >= 4 is 21.6 Å². The summed E-state index contributed by atoms with van der Waals surface area (Å²) in [5.41, 5.74) is 4.25. The number of nitrogens with zero attached hydrogens (tertiary/aromatic N) is 1. The van der Waals surface area contributed by atoms with E-state index in [1.807, 2.05) is 61.5 Å². The third kappa shape index (κ3) is 4.80. The number of rotatable bonds is 5. The van der Waals surface area contributed by atoms with Crippen LogP contribution in [0.2, 0.25) is 0 Å². The van der Waals surface area contributed by atoms with E-state index in [1.165, 1.54) is 4.31 Å². The molecular formula is C25H26N2O3S. The normalized spacial score (nSPS) is 16.5. The Bertz CT molecular complexity index is 1140. The van der Waals surface area contributed by atoms with Gasteiger partial charge in [-0.05, 0) is 55.2 Å². The SMILES string of the molecule is Cc1ccc(C(NC(=O)c2ccc(N3CCCCS3(=O)=O)cc2)c2ccccc2)cc1. The van der Waals surface area contributed by atoms with Crippen LogP contribution in [0.4, 0.5) is 5.69 Å². The van der Waals surface area contributed by atoms with E-state index in [2.05, 4.69) is 5.32 Å². The molecule has 1 aliphatic heterocycles. The van der Waals surface area contributed by atoms with Gasteiger partial charge in [0.15, 0.2) is 0 Å². The predicted molar refractivity (Wildman–Crippen MR) is 124 cm³/mol. The minimum atomic E-state index is -3.27. The molecule has 3 aromatic rings. The second-order valence-electron chi connectivity index (χ2n) is 7.87. The molecule has 1 heterocycles. The van der Waals surface area contributed by atoms with Crippen molar-refractivity contribution in [2.45, 2.75) is 25.8 Å². The molecule has 31 heavy (non-hydrogen) atoms. The van der Waals surface area contributed by atoms with Crippen LogP contribution in [0.1, 0.15) is 45.9 Å². The molecule has 1 N–H and O–H groups in total. The Morgan fingerprint density at radius 2 is 1.52 bits per heavy atom. The summed E-state index contributed by atoms with van der Waals surface area (Å²) >= 11 is 0. The van der Waals surface area contributed by atoms with Crippen LogP contribution in [0.3, 0.4) is 0 Å². The van der Waals surface area contributed by atoms with Gasteiger partial charge < -0.3 is 5.32 Å². The van der Waals surface area contributed by atoms with E-state index in [-0.39, 0.29) is 17.7 Å². The molecule has 0 spiro atoms. The summed E-state index contributed by atoms with van der Waals surface area (Å²) in [5, 5.41) is 3.13. The van der Waals surface area contributed by atoms with Crippen molar-refractivity contribution in [1.82, 2.24) is 5.32 Å². The van der Waals surface area contributed by atoms with Crippen LogP contribution in [0.15, 0.2) is 78.9 Å². The first-order chi connectivity index (χ1) is 14.9. The lowest BCUT2D eigenvalue weighted by molar-refractivity contribution is 0.0943. The first kappa shape index (κ1) is 21.1. The van der Waals surface area contributed by atoms with E-state index < -0.39 is 10.0 Å². The van der Waals surface area contributed by atoms with Gasteiger partial charge in [0.1, 0.15) is 0 Å². The van der Waals surface area contributed by atoms with Gasteiger partial charge >= 0.3 is 0 Å². The van der Waals surface area contributed by atoms with Gasteiger partial charge in [0.2, 0.25) is 10.0 Å². The van der Waals surface area contributed by atoms with Crippen molar-refractivity contribution in [2.24, 2.45) is 0 Å². The summed E-state index contributed by atoms with van der Waals surface area (Å²) in [7, 11) is -3.27. The Kier molecular flexibility index (Phi) is 6.09. The van der Waals surface area contributed by atoms with Crippen LogP contribution < -0.4 is 9.62 Å². The fraction of sp³-hybridized carbons (Fsp3) is 0.240. The second-order valence-corrected chi connectivity index (χ2v) is 9.88. The number of amides is 1. The molecule has 1 saturated heterocycles. The fourth-order valence-electron chi connectivity index (χ4n) is 3.84. The van der Waals surface area contributed by atoms with Crippen LogP contribution in [0.25, 0.3) is 0 Å². The number of anilines is 1. The molecule has 1 unspecified atom stereocenters. The monoisotopic (exact) mass is 434 g/mol. The van der Waals surface area contributed by atoms with Gasteiger partial charge in [0, 0.05) is 12.1 Å². The van der Waals surface area contributed by atoms with Crippen molar-refractivity contribution in [2.75, 3.05) is 16.6 Å². The number of benzene rings is 3.